The smallest absolute Gasteiger partial charge is 0.410 e. The Hall–Kier alpha value is -3.29. The predicted octanol–water partition coefficient (Wildman–Crippen LogP) is 5.19. The van der Waals surface area contributed by atoms with Crippen LogP contribution in [0.25, 0.3) is 16.6 Å². The number of phenolic OH excluding ortho intramolecular Hbond substituents is 1. The molecule has 0 radical (unpaired) electrons. The molecule has 176 valence electrons. The van der Waals surface area contributed by atoms with Crippen molar-refractivity contribution in [3.8, 4) is 22.6 Å². The topological polar surface area (TPSA) is 76.3 Å². The maximum atomic E-state index is 14.2. The van der Waals surface area contributed by atoms with E-state index in [2.05, 4.69) is 4.98 Å². The number of carbonyl (C=O) groups is 1. The van der Waals surface area contributed by atoms with Crippen LogP contribution in [0.15, 0.2) is 36.9 Å². The molecule has 3 aromatic rings. The van der Waals surface area contributed by atoms with E-state index in [4.69, 9.17) is 9.47 Å². The van der Waals surface area contributed by atoms with Crippen LogP contribution in [-0.2, 0) is 11.2 Å². The molecule has 1 fully saturated rings. The molecular weight excluding hydrogens is 425 g/mol. The summed E-state index contributed by atoms with van der Waals surface area (Å²) in [6.45, 7) is 7.50. The van der Waals surface area contributed by atoms with Gasteiger partial charge in [0.05, 0.1) is 12.5 Å². The molecule has 1 aliphatic carbocycles. The van der Waals surface area contributed by atoms with Gasteiger partial charge in [0.25, 0.3) is 0 Å². The van der Waals surface area contributed by atoms with Crippen molar-refractivity contribution in [2.75, 3.05) is 7.05 Å². The largest absolute Gasteiger partial charge is 0.505 e. The molecule has 1 amide bonds. The summed E-state index contributed by atoms with van der Waals surface area (Å²) in [5.74, 6) is -0.378. The molecule has 2 aromatic heterocycles. The molecule has 1 saturated carbocycles. The summed E-state index contributed by atoms with van der Waals surface area (Å²) >= 11 is 0. The van der Waals surface area contributed by atoms with E-state index in [0.717, 1.165) is 16.6 Å². The first-order valence-corrected chi connectivity index (χ1v) is 11.2. The molecule has 33 heavy (non-hydrogen) atoms. The molecule has 1 aromatic carbocycles. The number of nitrogens with zero attached hydrogens (tertiary/aromatic N) is 3. The van der Waals surface area contributed by atoms with E-state index in [0.29, 0.717) is 30.6 Å². The Kier molecular flexibility index (Phi) is 5.95. The number of aryl methyl sites for hydroxylation is 1. The van der Waals surface area contributed by atoms with Gasteiger partial charge in [-0.25, -0.2) is 14.2 Å². The maximum absolute atomic E-state index is 14.2. The molecular formula is C25H30FN3O4. The molecule has 0 saturated heterocycles. The van der Waals surface area contributed by atoms with Crippen LogP contribution in [0.4, 0.5) is 9.18 Å². The number of imidazole rings is 1. The highest BCUT2D eigenvalue weighted by Gasteiger charge is 2.37. The molecule has 4 rings (SSSR count). The fourth-order valence-corrected chi connectivity index (χ4v) is 4.02. The summed E-state index contributed by atoms with van der Waals surface area (Å²) in [5, 5.41) is 9.77. The lowest BCUT2D eigenvalue weighted by Crippen LogP contribution is -2.51. The van der Waals surface area contributed by atoms with Crippen LogP contribution in [0.2, 0.25) is 0 Å². The van der Waals surface area contributed by atoms with E-state index in [1.54, 1.807) is 24.5 Å². The minimum atomic E-state index is -0.664. The second kappa shape index (κ2) is 8.57. The average Bonchev–Trinajstić information content (AvgIpc) is 3.19. The van der Waals surface area contributed by atoms with E-state index in [1.165, 1.54) is 12.1 Å². The van der Waals surface area contributed by atoms with Crippen LogP contribution >= 0.6 is 0 Å². The van der Waals surface area contributed by atoms with Crippen molar-refractivity contribution in [3.05, 3.63) is 48.3 Å². The second-order valence-corrected chi connectivity index (χ2v) is 9.55. The van der Waals surface area contributed by atoms with Gasteiger partial charge in [-0.2, -0.15) is 0 Å². The van der Waals surface area contributed by atoms with Crippen LogP contribution < -0.4 is 4.74 Å². The Morgan fingerprint density at radius 3 is 2.70 bits per heavy atom. The summed E-state index contributed by atoms with van der Waals surface area (Å²) in [5.41, 5.74) is 2.57. The van der Waals surface area contributed by atoms with Crippen molar-refractivity contribution in [1.82, 2.24) is 14.3 Å². The van der Waals surface area contributed by atoms with E-state index in [1.807, 2.05) is 44.4 Å². The number of hydrogen-bond donors (Lipinski definition) is 1. The van der Waals surface area contributed by atoms with E-state index in [9.17, 15) is 14.3 Å². The van der Waals surface area contributed by atoms with Gasteiger partial charge in [0.15, 0.2) is 11.6 Å². The highest BCUT2D eigenvalue weighted by atomic mass is 19.1. The Morgan fingerprint density at radius 1 is 1.30 bits per heavy atom. The van der Waals surface area contributed by atoms with E-state index >= 15 is 0 Å². The van der Waals surface area contributed by atoms with Gasteiger partial charge in [0.1, 0.15) is 23.0 Å². The lowest BCUT2D eigenvalue weighted by Gasteiger charge is -2.41. The molecule has 0 spiro atoms. The standard InChI is InChI=1S/C25H30FN3O4/c1-6-15-7-22(30)20(26)11-19(15)16-8-23(21-12-27-14-29(21)13-16)32-18-9-17(10-18)28(5)24(31)33-25(2,3)4/h7-8,11-14,17-18,30H,6,9-10H2,1-5H3/t17-,18-. The molecule has 0 unspecified atom stereocenters. The first-order chi connectivity index (χ1) is 15.6. The number of rotatable bonds is 5. The monoisotopic (exact) mass is 455 g/mol. The van der Waals surface area contributed by atoms with Gasteiger partial charge in [0, 0.05) is 37.7 Å². The van der Waals surface area contributed by atoms with Crippen LogP contribution in [0.5, 0.6) is 11.5 Å². The van der Waals surface area contributed by atoms with E-state index in [-0.39, 0.29) is 24.0 Å². The number of aromatic nitrogens is 2. The summed E-state index contributed by atoms with van der Waals surface area (Å²) in [6.07, 6.45) is 6.89. The van der Waals surface area contributed by atoms with Gasteiger partial charge >= 0.3 is 6.09 Å². The van der Waals surface area contributed by atoms with Crippen molar-refractivity contribution < 1.29 is 23.8 Å². The summed E-state index contributed by atoms with van der Waals surface area (Å²) in [6, 6.07) is 4.75. The number of halogens is 1. The fraction of sp³-hybridized carbons (Fsp3) is 0.440. The van der Waals surface area contributed by atoms with Crippen LogP contribution in [0.1, 0.15) is 46.1 Å². The molecule has 7 nitrogen and oxygen atoms in total. The number of phenols is 1. The lowest BCUT2D eigenvalue weighted by molar-refractivity contribution is -0.00849. The molecule has 8 heteroatoms. The highest BCUT2D eigenvalue weighted by molar-refractivity contribution is 5.74. The minimum absolute atomic E-state index is 0.0480. The Bertz CT molecular complexity index is 1180. The number of aromatic hydroxyl groups is 1. The van der Waals surface area contributed by atoms with Gasteiger partial charge in [-0.3, -0.25) is 0 Å². The quantitative estimate of drug-likeness (QED) is 0.573. The normalized spacial score (nSPS) is 18.1. The third kappa shape index (κ3) is 4.74. The zero-order valence-electron chi connectivity index (χ0n) is 19.6. The molecule has 0 bridgehead atoms. The van der Waals surface area contributed by atoms with Gasteiger partial charge in [0.2, 0.25) is 0 Å². The molecule has 2 heterocycles. The molecule has 0 aliphatic heterocycles. The Labute approximate surface area is 192 Å². The van der Waals surface area contributed by atoms with E-state index < -0.39 is 11.4 Å². The van der Waals surface area contributed by atoms with Gasteiger partial charge in [-0.15, -0.1) is 0 Å². The predicted molar refractivity (Wildman–Crippen MR) is 123 cm³/mol. The molecule has 1 aliphatic rings. The lowest BCUT2D eigenvalue weighted by atomic mass is 9.88. The molecule has 1 N–H and O–H groups in total. The van der Waals surface area contributed by atoms with Crippen molar-refractivity contribution >= 4 is 11.6 Å². The SMILES string of the molecule is CCc1cc(O)c(F)cc1-c1cc(O[C@H]2C[C@H](N(C)C(=O)OC(C)(C)C)C2)c2cncn2c1. The van der Waals surface area contributed by atoms with Gasteiger partial charge in [-0.05, 0) is 56.5 Å². The number of benzene rings is 1. The number of hydrogen-bond acceptors (Lipinski definition) is 5. The van der Waals surface area contributed by atoms with Crippen LogP contribution in [0, 0.1) is 5.82 Å². The Morgan fingerprint density at radius 2 is 2.03 bits per heavy atom. The summed E-state index contributed by atoms with van der Waals surface area (Å²) in [7, 11) is 1.75. The highest BCUT2D eigenvalue weighted by Crippen LogP contribution is 2.36. The number of carbonyl (C=O) groups excluding carboxylic acids is 1. The number of fused-ring (bicyclic) bond motifs is 1. The minimum Gasteiger partial charge on any atom is -0.505 e. The third-order valence-electron chi connectivity index (χ3n) is 5.94. The Balaban J connectivity index is 1.54. The average molecular weight is 456 g/mol. The van der Waals surface area contributed by atoms with Crippen molar-refractivity contribution in [2.45, 2.75) is 64.7 Å². The van der Waals surface area contributed by atoms with Crippen molar-refractivity contribution in [1.29, 1.82) is 0 Å². The zero-order chi connectivity index (χ0) is 23.9. The van der Waals surface area contributed by atoms with Crippen LogP contribution in [0.3, 0.4) is 0 Å². The zero-order valence-corrected chi connectivity index (χ0v) is 19.6. The number of pyridine rings is 1. The van der Waals surface area contributed by atoms with Crippen LogP contribution in [-0.4, -0.2) is 50.3 Å². The van der Waals surface area contributed by atoms with Gasteiger partial charge in [-0.1, -0.05) is 6.92 Å². The van der Waals surface area contributed by atoms with Gasteiger partial charge < -0.3 is 23.9 Å². The first kappa shape index (κ1) is 22.9. The molecule has 0 atom stereocenters. The summed E-state index contributed by atoms with van der Waals surface area (Å²) in [4.78, 5) is 18.2. The van der Waals surface area contributed by atoms with Crippen molar-refractivity contribution in [2.24, 2.45) is 0 Å². The first-order valence-electron chi connectivity index (χ1n) is 11.2. The number of amides is 1. The third-order valence-corrected chi connectivity index (χ3v) is 5.94. The van der Waals surface area contributed by atoms with Crippen molar-refractivity contribution in [3.63, 3.8) is 0 Å². The summed E-state index contributed by atoms with van der Waals surface area (Å²) < 4.78 is 27.7. The fourth-order valence-electron chi connectivity index (χ4n) is 4.02. The second-order valence-electron chi connectivity index (χ2n) is 9.55. The maximum Gasteiger partial charge on any atom is 0.410 e. The number of ether oxygens (including phenoxy) is 2.